The largest absolute Gasteiger partial charge is 0.443 e. The number of ether oxygens (including phenoxy) is 1. The number of anilines is 4. The molecular formula is C38H37ClN12O6. The molecule has 7 heterocycles. The lowest BCUT2D eigenvalue weighted by atomic mass is 10.1. The highest BCUT2D eigenvalue weighted by Crippen LogP contribution is 2.35. The Morgan fingerprint density at radius 3 is 2.07 bits per heavy atom. The SMILES string of the molecule is CC(C)(C)OC(=O)N(c1cc(Cl)nc2c(/C=C3\CC(=O)NC3=O)cnn12)C1CC1.O=C1C/C(=C\c2cnn3c(NC4CC4)cc(Nc4cccnc4)nc23)C(=O)N1. The average Bonchev–Trinajstić information content (AvgIpc) is 4.01. The molecule has 5 aromatic heterocycles. The van der Waals surface area contributed by atoms with Crippen molar-refractivity contribution in [1.82, 2.24) is 44.8 Å². The van der Waals surface area contributed by atoms with E-state index in [1.165, 1.54) is 10.7 Å². The standard InChI is InChI=1S/C19H20ClN5O4.C19H17N7O2/c1-19(2,3)29-18(28)24(12-4-5-12)15-8-13(20)22-16-11(9-21-25(15)16)6-10-7-14(26)23-17(10)27;27-17-7-11(19(28)25-17)6-12-9-21-26-16(23-13-3-4-13)8-15(24-18(12)26)22-14-2-1-5-20-10-14/h6,8-9,12H,4-5,7H2,1-3H3,(H,23,26,27);1-2,5-6,8-10,13,23H,3-4,7H2,(H,22,24)(H,25,27,28)/b10-6+;11-6+. The minimum Gasteiger partial charge on any atom is -0.443 e. The van der Waals surface area contributed by atoms with Crippen LogP contribution < -0.4 is 26.2 Å². The van der Waals surface area contributed by atoms with Crippen LogP contribution in [0.1, 0.15) is 70.4 Å². The Labute approximate surface area is 329 Å². The molecule has 4 fully saturated rings. The zero-order chi connectivity index (χ0) is 40.0. The molecule has 5 aromatic rings. The van der Waals surface area contributed by atoms with Gasteiger partial charge in [0.05, 0.1) is 37.1 Å². The Balaban J connectivity index is 0.000000160. The van der Waals surface area contributed by atoms with E-state index in [0.29, 0.717) is 51.2 Å². The van der Waals surface area contributed by atoms with Crippen molar-refractivity contribution in [2.75, 3.05) is 15.5 Å². The molecule has 2 aliphatic heterocycles. The number of rotatable bonds is 8. The summed E-state index contributed by atoms with van der Waals surface area (Å²) in [4.78, 5) is 74.1. The number of amides is 5. The smallest absolute Gasteiger partial charge is 0.416 e. The molecule has 0 bridgehead atoms. The van der Waals surface area contributed by atoms with Gasteiger partial charge in [0.25, 0.3) is 11.8 Å². The lowest BCUT2D eigenvalue weighted by Crippen LogP contribution is -2.39. The van der Waals surface area contributed by atoms with E-state index in [9.17, 15) is 24.0 Å². The van der Waals surface area contributed by atoms with Gasteiger partial charge in [-0.2, -0.15) is 19.2 Å². The summed E-state index contributed by atoms with van der Waals surface area (Å²) in [5.74, 6) is 0.430. The number of carbonyl (C=O) groups excluding carboxylic acids is 5. The van der Waals surface area contributed by atoms with Crippen molar-refractivity contribution in [3.05, 3.63) is 76.5 Å². The number of hydrogen-bond acceptors (Lipinski definition) is 13. The van der Waals surface area contributed by atoms with Crippen molar-refractivity contribution in [1.29, 1.82) is 0 Å². The Kier molecular flexibility index (Phi) is 9.64. The third kappa shape index (κ3) is 8.45. The van der Waals surface area contributed by atoms with Crippen LogP contribution in [-0.4, -0.2) is 81.6 Å². The summed E-state index contributed by atoms with van der Waals surface area (Å²) in [7, 11) is 0. The van der Waals surface area contributed by atoms with Crippen LogP contribution in [-0.2, 0) is 23.9 Å². The third-order valence-corrected chi connectivity index (χ3v) is 9.20. The molecule has 4 aliphatic rings. The van der Waals surface area contributed by atoms with E-state index < -0.39 is 17.6 Å². The van der Waals surface area contributed by atoms with Crippen molar-refractivity contribution in [2.24, 2.45) is 0 Å². The fourth-order valence-corrected chi connectivity index (χ4v) is 6.35. The van der Waals surface area contributed by atoms with Crippen LogP contribution in [0.3, 0.4) is 0 Å². The number of hydrogen-bond donors (Lipinski definition) is 4. The van der Waals surface area contributed by atoms with Crippen LogP contribution in [0.15, 0.2) is 60.2 Å². The Hall–Kier alpha value is -6.69. The highest BCUT2D eigenvalue weighted by atomic mass is 35.5. The van der Waals surface area contributed by atoms with Gasteiger partial charge in [0.2, 0.25) is 11.8 Å². The first kappa shape index (κ1) is 37.2. The Morgan fingerprint density at radius 2 is 1.53 bits per heavy atom. The van der Waals surface area contributed by atoms with Crippen LogP contribution >= 0.6 is 11.6 Å². The van der Waals surface area contributed by atoms with Gasteiger partial charge in [-0.05, 0) is 70.7 Å². The number of fused-ring (bicyclic) bond motifs is 2. The second kappa shape index (κ2) is 14.8. The quantitative estimate of drug-likeness (QED) is 0.0961. The number of pyridine rings is 1. The lowest BCUT2D eigenvalue weighted by molar-refractivity contribution is -0.125. The van der Waals surface area contributed by atoms with E-state index in [1.807, 2.05) is 18.2 Å². The van der Waals surface area contributed by atoms with Gasteiger partial charge in [0.1, 0.15) is 28.2 Å². The summed E-state index contributed by atoms with van der Waals surface area (Å²) in [6.07, 6.45) is 13.3. The molecule has 2 saturated carbocycles. The summed E-state index contributed by atoms with van der Waals surface area (Å²) in [5, 5.41) is 20.2. The molecule has 0 atom stereocenters. The van der Waals surface area contributed by atoms with Gasteiger partial charge in [-0.1, -0.05) is 11.6 Å². The maximum absolute atomic E-state index is 12.9. The predicted molar refractivity (Wildman–Crippen MR) is 208 cm³/mol. The molecule has 18 nitrogen and oxygen atoms in total. The van der Waals surface area contributed by atoms with Crippen molar-refractivity contribution in [3.8, 4) is 0 Å². The second-order valence-corrected chi connectivity index (χ2v) is 15.3. The molecule has 0 spiro atoms. The fourth-order valence-electron chi connectivity index (χ4n) is 6.17. The van der Waals surface area contributed by atoms with Crippen molar-refractivity contribution < 1.29 is 28.7 Å². The molecule has 19 heteroatoms. The summed E-state index contributed by atoms with van der Waals surface area (Å²) < 4.78 is 8.78. The monoisotopic (exact) mass is 792 g/mol. The van der Waals surface area contributed by atoms with Crippen molar-refractivity contribution in [2.45, 2.75) is 77.0 Å². The van der Waals surface area contributed by atoms with E-state index >= 15 is 0 Å². The maximum atomic E-state index is 12.9. The normalized spacial score (nSPS) is 18.2. The van der Waals surface area contributed by atoms with Crippen LogP contribution in [0.4, 0.5) is 27.9 Å². The number of aromatic nitrogens is 7. The van der Waals surface area contributed by atoms with E-state index in [1.54, 1.807) is 67.0 Å². The lowest BCUT2D eigenvalue weighted by Gasteiger charge is -2.27. The number of nitrogens with one attached hydrogen (secondary N) is 4. The maximum Gasteiger partial charge on any atom is 0.416 e. The van der Waals surface area contributed by atoms with Gasteiger partial charge >= 0.3 is 6.09 Å². The molecule has 4 N–H and O–H groups in total. The second-order valence-electron chi connectivity index (χ2n) is 14.9. The summed E-state index contributed by atoms with van der Waals surface area (Å²) in [5.41, 5.74) is 3.06. The van der Waals surface area contributed by atoms with E-state index in [0.717, 1.165) is 37.2 Å². The molecule has 292 valence electrons. The highest BCUT2D eigenvalue weighted by Gasteiger charge is 2.38. The predicted octanol–water partition coefficient (Wildman–Crippen LogP) is 4.59. The topological polar surface area (TPSA) is 219 Å². The van der Waals surface area contributed by atoms with Crippen molar-refractivity contribution >= 4 is 87.9 Å². The number of nitrogens with zero attached hydrogens (tertiary/aromatic N) is 8. The molecule has 0 radical (unpaired) electrons. The van der Waals surface area contributed by atoms with Crippen LogP contribution in [0.2, 0.25) is 5.15 Å². The van der Waals surface area contributed by atoms with Crippen LogP contribution in [0, 0.1) is 0 Å². The van der Waals surface area contributed by atoms with Gasteiger partial charge < -0.3 is 15.4 Å². The van der Waals surface area contributed by atoms with Crippen LogP contribution in [0.5, 0.6) is 0 Å². The summed E-state index contributed by atoms with van der Waals surface area (Å²) >= 11 is 6.24. The van der Waals surface area contributed by atoms with Crippen molar-refractivity contribution in [3.63, 3.8) is 0 Å². The van der Waals surface area contributed by atoms with E-state index in [4.69, 9.17) is 16.3 Å². The summed E-state index contributed by atoms with van der Waals surface area (Å²) in [6.45, 7) is 5.41. The zero-order valence-electron chi connectivity index (χ0n) is 31.1. The minimum atomic E-state index is -0.651. The highest BCUT2D eigenvalue weighted by molar-refractivity contribution is 6.30. The molecule has 0 unspecified atom stereocenters. The number of imide groups is 2. The number of halogens is 1. The Bertz CT molecular complexity index is 2530. The first-order valence-electron chi connectivity index (χ1n) is 18.3. The summed E-state index contributed by atoms with van der Waals surface area (Å²) in [6, 6.07) is 7.63. The molecule has 5 amide bonds. The average molecular weight is 793 g/mol. The molecule has 9 rings (SSSR count). The fraction of sp³-hybridized carbons (Fsp3) is 0.316. The molecular weight excluding hydrogens is 756 g/mol. The molecule has 0 aromatic carbocycles. The molecule has 57 heavy (non-hydrogen) atoms. The third-order valence-electron chi connectivity index (χ3n) is 9.01. The Morgan fingerprint density at radius 1 is 0.895 bits per heavy atom. The minimum absolute atomic E-state index is 0.00393. The molecule has 2 aliphatic carbocycles. The molecule has 2 saturated heterocycles. The van der Waals surface area contributed by atoms with Gasteiger partial charge in [0, 0.05) is 52.7 Å². The van der Waals surface area contributed by atoms with E-state index in [2.05, 4.69) is 46.4 Å². The van der Waals surface area contributed by atoms with Gasteiger partial charge in [-0.15, -0.1) is 0 Å². The van der Waals surface area contributed by atoms with Crippen LogP contribution in [0.25, 0.3) is 23.4 Å². The first-order valence-corrected chi connectivity index (χ1v) is 18.6. The van der Waals surface area contributed by atoms with Gasteiger partial charge in [-0.25, -0.2) is 14.8 Å². The van der Waals surface area contributed by atoms with Gasteiger partial charge in [-0.3, -0.25) is 39.7 Å². The first-order chi connectivity index (χ1) is 27.3. The number of carbonyl (C=O) groups is 5. The van der Waals surface area contributed by atoms with Gasteiger partial charge in [0.15, 0.2) is 11.3 Å². The van der Waals surface area contributed by atoms with E-state index in [-0.39, 0.29) is 41.8 Å². The zero-order valence-corrected chi connectivity index (χ0v) is 31.8.